The van der Waals surface area contributed by atoms with E-state index in [-0.39, 0.29) is 24.8 Å². The van der Waals surface area contributed by atoms with Gasteiger partial charge in [0.1, 0.15) is 0 Å². The van der Waals surface area contributed by atoms with Gasteiger partial charge in [0.05, 0.1) is 18.8 Å². The fourth-order valence-electron chi connectivity index (χ4n) is 3.18. The summed E-state index contributed by atoms with van der Waals surface area (Å²) in [6, 6.07) is 1.90. The molecule has 0 bridgehead atoms. The maximum Gasteiger partial charge on any atom is 0.332 e. The van der Waals surface area contributed by atoms with Crippen LogP contribution in [0.1, 0.15) is 31.3 Å². The van der Waals surface area contributed by atoms with Gasteiger partial charge in [0.15, 0.2) is 11.2 Å². The molecule has 0 saturated carbocycles. The fourth-order valence-corrected chi connectivity index (χ4v) is 3.18. The molecule has 9 nitrogen and oxygen atoms in total. The summed E-state index contributed by atoms with van der Waals surface area (Å²) in [7, 11) is 3.16. The molecule has 0 atom stereocenters. The first kappa shape index (κ1) is 18.1. The second-order valence-electron chi connectivity index (χ2n) is 6.68. The van der Waals surface area contributed by atoms with Crippen molar-refractivity contribution in [3.63, 3.8) is 0 Å². The first-order valence-electron chi connectivity index (χ1n) is 8.52. The van der Waals surface area contributed by atoms with Gasteiger partial charge in [-0.25, -0.2) is 9.48 Å². The first-order chi connectivity index (χ1) is 12.3. The molecule has 0 amide bonds. The summed E-state index contributed by atoms with van der Waals surface area (Å²) in [5.41, 5.74) is 1.73. The Morgan fingerprint density at radius 1 is 1.23 bits per heavy atom. The predicted octanol–water partition coefficient (Wildman–Crippen LogP) is 0.927. The molecule has 0 fully saturated rings. The molecule has 0 aliphatic rings. The van der Waals surface area contributed by atoms with Gasteiger partial charge in [-0.05, 0) is 33.8 Å². The van der Waals surface area contributed by atoms with Crippen LogP contribution in [0.25, 0.3) is 17.1 Å². The molecule has 0 unspecified atom stereocenters. The summed E-state index contributed by atoms with van der Waals surface area (Å²) in [6.07, 6.45) is 0. The topological polar surface area (TPSA) is 88.9 Å². The number of rotatable bonds is 5. The number of aromatic nitrogens is 6. The van der Waals surface area contributed by atoms with Crippen molar-refractivity contribution in [2.24, 2.45) is 7.05 Å². The highest BCUT2D eigenvalue weighted by atomic mass is 16.5. The van der Waals surface area contributed by atoms with Gasteiger partial charge >= 0.3 is 5.69 Å². The number of methoxy groups -OCH3 is 1. The van der Waals surface area contributed by atoms with Gasteiger partial charge in [-0.15, -0.1) is 0 Å². The van der Waals surface area contributed by atoms with Crippen LogP contribution in [-0.4, -0.2) is 42.2 Å². The Balaban J connectivity index is 2.43. The number of aryl methyl sites for hydroxylation is 3. The SMILES string of the molecule is COCCn1c(=O)c2c(nc(-n3nc(C)cc3C)n2C(C)C)n(C)c1=O. The maximum atomic E-state index is 13.1. The molecule has 0 aromatic carbocycles. The Morgan fingerprint density at radius 3 is 2.46 bits per heavy atom. The number of ether oxygens (including phenoxy) is 1. The number of hydrogen-bond donors (Lipinski definition) is 0. The van der Waals surface area contributed by atoms with Gasteiger partial charge in [-0.2, -0.15) is 10.1 Å². The molecule has 26 heavy (non-hydrogen) atoms. The van der Waals surface area contributed by atoms with E-state index in [0.717, 1.165) is 11.4 Å². The van der Waals surface area contributed by atoms with E-state index in [1.54, 1.807) is 11.7 Å². The van der Waals surface area contributed by atoms with Crippen molar-refractivity contribution in [3.05, 3.63) is 38.3 Å². The van der Waals surface area contributed by atoms with Gasteiger partial charge in [-0.1, -0.05) is 0 Å². The smallest absolute Gasteiger partial charge is 0.332 e. The molecule has 3 heterocycles. The Bertz CT molecular complexity index is 1080. The molecule has 140 valence electrons. The lowest BCUT2D eigenvalue weighted by molar-refractivity contribution is 0.184. The minimum atomic E-state index is -0.409. The Hall–Kier alpha value is -2.68. The average molecular weight is 360 g/mol. The molecule has 3 aromatic heterocycles. The molecule has 3 rings (SSSR count). The van der Waals surface area contributed by atoms with E-state index in [9.17, 15) is 9.59 Å². The van der Waals surface area contributed by atoms with Crippen LogP contribution in [0, 0.1) is 13.8 Å². The van der Waals surface area contributed by atoms with Crippen molar-refractivity contribution in [1.82, 2.24) is 28.5 Å². The highest BCUT2D eigenvalue weighted by molar-refractivity contribution is 5.73. The van der Waals surface area contributed by atoms with Gasteiger partial charge in [0, 0.05) is 25.9 Å². The highest BCUT2D eigenvalue weighted by Gasteiger charge is 2.23. The van der Waals surface area contributed by atoms with Crippen LogP contribution >= 0.6 is 0 Å². The normalized spacial score (nSPS) is 11.8. The zero-order valence-electron chi connectivity index (χ0n) is 16.0. The van der Waals surface area contributed by atoms with Gasteiger partial charge in [0.25, 0.3) is 5.56 Å². The van der Waals surface area contributed by atoms with Crippen LogP contribution in [0.3, 0.4) is 0 Å². The molecule has 3 aromatic rings. The van der Waals surface area contributed by atoms with Crippen LogP contribution in [-0.2, 0) is 18.3 Å². The molecule has 0 aliphatic carbocycles. The first-order valence-corrected chi connectivity index (χ1v) is 8.52. The van der Waals surface area contributed by atoms with E-state index in [4.69, 9.17) is 4.74 Å². The van der Waals surface area contributed by atoms with Crippen molar-refractivity contribution in [2.75, 3.05) is 13.7 Å². The van der Waals surface area contributed by atoms with E-state index in [0.29, 0.717) is 17.1 Å². The van der Waals surface area contributed by atoms with Crippen LogP contribution in [0.2, 0.25) is 0 Å². The summed E-state index contributed by atoms with van der Waals surface area (Å²) in [4.78, 5) is 30.3. The number of imidazole rings is 1. The molecule has 0 N–H and O–H groups in total. The lowest BCUT2D eigenvalue weighted by atomic mass is 10.3. The van der Waals surface area contributed by atoms with Crippen LogP contribution in [0.4, 0.5) is 0 Å². The fraction of sp³-hybridized carbons (Fsp3) is 0.529. The van der Waals surface area contributed by atoms with E-state index in [1.807, 2.05) is 38.3 Å². The summed E-state index contributed by atoms with van der Waals surface area (Å²) < 4.78 is 11.2. The zero-order valence-corrected chi connectivity index (χ0v) is 16.0. The van der Waals surface area contributed by atoms with Crippen molar-refractivity contribution in [2.45, 2.75) is 40.3 Å². The standard InChI is InChI=1S/C17H24N6O3/c1-10(2)22-13-14(18-16(22)23-12(4)9-11(3)19-23)20(5)17(25)21(15(13)24)7-8-26-6/h9-10H,7-8H2,1-6H3. The summed E-state index contributed by atoms with van der Waals surface area (Å²) in [5.74, 6) is 0.525. The third-order valence-electron chi connectivity index (χ3n) is 4.39. The summed E-state index contributed by atoms with van der Waals surface area (Å²) >= 11 is 0. The van der Waals surface area contributed by atoms with Crippen molar-refractivity contribution < 1.29 is 4.74 Å². The zero-order chi connectivity index (χ0) is 19.2. The molecular formula is C17H24N6O3. The molecule has 9 heteroatoms. The van der Waals surface area contributed by atoms with Gasteiger partial charge in [0.2, 0.25) is 5.95 Å². The number of fused-ring (bicyclic) bond motifs is 1. The monoisotopic (exact) mass is 360 g/mol. The average Bonchev–Trinajstić information content (AvgIpc) is 3.13. The van der Waals surface area contributed by atoms with Crippen molar-refractivity contribution in [3.8, 4) is 5.95 Å². The number of nitrogens with zero attached hydrogens (tertiary/aromatic N) is 6. The Kier molecular flexibility index (Phi) is 4.57. The van der Waals surface area contributed by atoms with Gasteiger partial charge < -0.3 is 4.74 Å². The predicted molar refractivity (Wildman–Crippen MR) is 98.1 cm³/mol. The maximum absolute atomic E-state index is 13.1. The molecule has 0 radical (unpaired) electrons. The molecule has 0 spiro atoms. The van der Waals surface area contributed by atoms with Crippen molar-refractivity contribution >= 4 is 11.2 Å². The second-order valence-corrected chi connectivity index (χ2v) is 6.68. The van der Waals surface area contributed by atoms with Crippen molar-refractivity contribution in [1.29, 1.82) is 0 Å². The van der Waals surface area contributed by atoms with Crippen LogP contribution in [0.5, 0.6) is 0 Å². The Labute approximate surface area is 150 Å². The molecular weight excluding hydrogens is 336 g/mol. The number of hydrogen-bond acceptors (Lipinski definition) is 5. The van der Waals surface area contributed by atoms with E-state index < -0.39 is 5.69 Å². The van der Waals surface area contributed by atoms with Gasteiger partial charge in [-0.3, -0.25) is 18.5 Å². The Morgan fingerprint density at radius 2 is 1.92 bits per heavy atom. The summed E-state index contributed by atoms with van der Waals surface area (Å²) in [6.45, 7) is 8.25. The van der Waals surface area contributed by atoms with E-state index >= 15 is 0 Å². The lowest BCUT2D eigenvalue weighted by Gasteiger charge is -2.14. The lowest BCUT2D eigenvalue weighted by Crippen LogP contribution is -2.40. The third kappa shape index (κ3) is 2.68. The van der Waals surface area contributed by atoms with Crippen LogP contribution < -0.4 is 11.2 Å². The summed E-state index contributed by atoms with van der Waals surface area (Å²) in [5, 5.41) is 4.49. The largest absolute Gasteiger partial charge is 0.383 e. The minimum absolute atomic E-state index is 0.0417. The van der Waals surface area contributed by atoms with Crippen LogP contribution in [0.15, 0.2) is 15.7 Å². The highest BCUT2D eigenvalue weighted by Crippen LogP contribution is 2.21. The third-order valence-corrected chi connectivity index (χ3v) is 4.39. The molecule has 0 saturated heterocycles. The minimum Gasteiger partial charge on any atom is -0.383 e. The quantitative estimate of drug-likeness (QED) is 0.675. The molecule has 0 aliphatic heterocycles. The van der Waals surface area contributed by atoms with E-state index in [1.165, 1.54) is 16.2 Å². The van der Waals surface area contributed by atoms with E-state index in [2.05, 4.69) is 10.1 Å². The second kappa shape index (κ2) is 6.56.